The van der Waals surface area contributed by atoms with Crippen molar-refractivity contribution < 1.29 is 13.6 Å². The number of nitrogens with zero attached hydrogens (tertiary/aromatic N) is 1. The number of aliphatic imine (C=N–C) groups is 1. The van der Waals surface area contributed by atoms with Crippen molar-refractivity contribution >= 4 is 44.8 Å². The SMILES string of the molecule is O=C1CN=C(c2c(F)cccc2F)c2c(ccc(Cl)c2Br)N1. The Morgan fingerprint density at radius 3 is 2.50 bits per heavy atom. The van der Waals surface area contributed by atoms with Crippen LogP contribution < -0.4 is 5.32 Å². The molecule has 1 aliphatic heterocycles. The maximum Gasteiger partial charge on any atom is 0.246 e. The molecule has 1 aliphatic rings. The van der Waals surface area contributed by atoms with Crippen molar-refractivity contribution in [1.82, 2.24) is 0 Å². The molecule has 0 aliphatic carbocycles. The van der Waals surface area contributed by atoms with Crippen LogP contribution in [0.4, 0.5) is 14.5 Å². The summed E-state index contributed by atoms with van der Waals surface area (Å²) in [5.74, 6) is -1.89. The number of carbonyl (C=O) groups excluding carboxylic acids is 1. The van der Waals surface area contributed by atoms with Gasteiger partial charge in [-0.25, -0.2) is 8.78 Å². The van der Waals surface area contributed by atoms with E-state index in [0.717, 1.165) is 12.1 Å². The molecule has 0 saturated carbocycles. The first-order valence-corrected chi connectivity index (χ1v) is 7.43. The predicted molar refractivity (Wildman–Crippen MR) is 84.6 cm³/mol. The minimum absolute atomic E-state index is 0.0401. The van der Waals surface area contributed by atoms with Gasteiger partial charge in [0, 0.05) is 10.0 Å². The molecule has 0 saturated heterocycles. The van der Waals surface area contributed by atoms with Crippen LogP contribution in [0.1, 0.15) is 11.1 Å². The number of halogens is 4. The summed E-state index contributed by atoms with van der Waals surface area (Å²) in [4.78, 5) is 15.8. The summed E-state index contributed by atoms with van der Waals surface area (Å²) in [7, 11) is 0. The Morgan fingerprint density at radius 1 is 1.14 bits per heavy atom. The molecule has 0 atom stereocenters. The van der Waals surface area contributed by atoms with E-state index in [4.69, 9.17) is 11.6 Å². The average molecular weight is 386 g/mol. The zero-order chi connectivity index (χ0) is 15.9. The predicted octanol–water partition coefficient (Wildman–Crippen LogP) is 4.17. The lowest BCUT2D eigenvalue weighted by atomic mass is 9.99. The molecule has 112 valence electrons. The molecule has 1 amide bonds. The standard InChI is InChI=1S/C15H8BrClF2N2O/c16-14-7(17)4-5-10-13(14)15(20-6-11(22)21-10)12-8(18)2-1-3-9(12)19/h1-5H,6H2,(H,21,22). The number of benzene rings is 2. The Hall–Kier alpha value is -1.79. The van der Waals surface area contributed by atoms with E-state index >= 15 is 0 Å². The number of anilines is 1. The zero-order valence-electron chi connectivity index (χ0n) is 11.0. The van der Waals surface area contributed by atoms with Gasteiger partial charge in [0.1, 0.15) is 18.2 Å². The fourth-order valence-electron chi connectivity index (χ4n) is 2.23. The van der Waals surface area contributed by atoms with E-state index in [0.29, 0.717) is 20.7 Å². The van der Waals surface area contributed by atoms with E-state index < -0.39 is 11.6 Å². The fraction of sp³-hybridized carbons (Fsp3) is 0.0667. The number of hydrogen-bond acceptors (Lipinski definition) is 2. The first-order chi connectivity index (χ1) is 10.5. The van der Waals surface area contributed by atoms with Crippen molar-refractivity contribution in [2.75, 3.05) is 11.9 Å². The van der Waals surface area contributed by atoms with Gasteiger partial charge in [-0.15, -0.1) is 0 Å². The van der Waals surface area contributed by atoms with Crippen molar-refractivity contribution in [1.29, 1.82) is 0 Å². The molecule has 0 fully saturated rings. The molecular weight excluding hydrogens is 378 g/mol. The van der Waals surface area contributed by atoms with Crippen molar-refractivity contribution in [3.05, 3.63) is 62.6 Å². The van der Waals surface area contributed by atoms with Gasteiger partial charge in [-0.3, -0.25) is 9.79 Å². The van der Waals surface area contributed by atoms with Gasteiger partial charge in [-0.2, -0.15) is 0 Å². The molecular formula is C15H8BrClF2N2O. The molecule has 3 nitrogen and oxygen atoms in total. The number of rotatable bonds is 1. The van der Waals surface area contributed by atoms with E-state index in [1.165, 1.54) is 6.07 Å². The van der Waals surface area contributed by atoms with Crippen LogP contribution in [-0.2, 0) is 4.79 Å². The third kappa shape index (κ3) is 2.53. The van der Waals surface area contributed by atoms with Crippen LogP contribution in [-0.4, -0.2) is 18.2 Å². The highest BCUT2D eigenvalue weighted by atomic mass is 79.9. The quantitative estimate of drug-likeness (QED) is 0.786. The maximum atomic E-state index is 14.1. The van der Waals surface area contributed by atoms with E-state index in [1.807, 2.05) is 0 Å². The highest BCUT2D eigenvalue weighted by Gasteiger charge is 2.26. The van der Waals surface area contributed by atoms with Gasteiger partial charge in [0.2, 0.25) is 5.91 Å². The summed E-state index contributed by atoms with van der Waals surface area (Å²) in [6, 6.07) is 6.69. The Bertz CT molecular complexity index is 803. The molecule has 0 spiro atoms. The molecule has 1 N–H and O–H groups in total. The Morgan fingerprint density at radius 2 is 1.82 bits per heavy atom. The lowest BCUT2D eigenvalue weighted by molar-refractivity contribution is -0.114. The van der Waals surface area contributed by atoms with E-state index in [2.05, 4.69) is 26.2 Å². The van der Waals surface area contributed by atoms with Crippen LogP contribution in [0.15, 0.2) is 39.8 Å². The first-order valence-electron chi connectivity index (χ1n) is 6.26. The molecule has 0 bridgehead atoms. The van der Waals surface area contributed by atoms with Crippen molar-refractivity contribution in [3.63, 3.8) is 0 Å². The van der Waals surface area contributed by atoms with E-state index in [9.17, 15) is 13.6 Å². The number of benzodiazepines with no additional fused rings is 1. The van der Waals surface area contributed by atoms with Gasteiger partial charge < -0.3 is 5.32 Å². The van der Waals surface area contributed by atoms with Gasteiger partial charge in [0.15, 0.2) is 0 Å². The third-order valence-corrected chi connectivity index (χ3v) is 4.55. The Kier molecular flexibility index (Phi) is 3.97. The smallest absolute Gasteiger partial charge is 0.246 e. The van der Waals surface area contributed by atoms with E-state index in [-0.39, 0.29) is 23.7 Å². The molecule has 3 rings (SSSR count). The topological polar surface area (TPSA) is 41.5 Å². The van der Waals surface area contributed by atoms with Crippen LogP contribution in [0.25, 0.3) is 0 Å². The van der Waals surface area contributed by atoms with Gasteiger partial charge in [0.25, 0.3) is 0 Å². The van der Waals surface area contributed by atoms with Crippen LogP contribution >= 0.6 is 27.5 Å². The molecule has 0 unspecified atom stereocenters. The monoisotopic (exact) mass is 384 g/mol. The van der Waals surface area contributed by atoms with Crippen molar-refractivity contribution in [3.8, 4) is 0 Å². The minimum atomic E-state index is -0.758. The number of amides is 1. The minimum Gasteiger partial charge on any atom is -0.324 e. The number of carbonyl (C=O) groups is 1. The first kappa shape index (κ1) is 15.1. The van der Waals surface area contributed by atoms with Crippen LogP contribution in [0.5, 0.6) is 0 Å². The molecule has 2 aromatic rings. The number of nitrogens with one attached hydrogen (secondary N) is 1. The molecule has 22 heavy (non-hydrogen) atoms. The van der Waals surface area contributed by atoms with Crippen molar-refractivity contribution in [2.45, 2.75) is 0 Å². The molecule has 0 aromatic heterocycles. The van der Waals surface area contributed by atoms with Crippen LogP contribution in [0.2, 0.25) is 5.02 Å². The van der Waals surface area contributed by atoms with Gasteiger partial charge >= 0.3 is 0 Å². The molecule has 7 heteroatoms. The second kappa shape index (κ2) is 5.78. The summed E-state index contributed by atoms with van der Waals surface area (Å²) in [5, 5.41) is 2.99. The summed E-state index contributed by atoms with van der Waals surface area (Å²) in [5.41, 5.74) is 0.490. The number of fused-ring (bicyclic) bond motifs is 1. The molecule has 1 heterocycles. The Labute approximate surface area is 138 Å². The summed E-state index contributed by atoms with van der Waals surface area (Å²) >= 11 is 9.36. The van der Waals surface area contributed by atoms with E-state index in [1.54, 1.807) is 12.1 Å². The van der Waals surface area contributed by atoms with Crippen LogP contribution in [0.3, 0.4) is 0 Å². The van der Waals surface area contributed by atoms with Gasteiger partial charge in [-0.05, 0) is 40.2 Å². The second-order valence-electron chi connectivity index (χ2n) is 4.59. The number of hydrogen-bond donors (Lipinski definition) is 1. The summed E-state index contributed by atoms with van der Waals surface area (Å²) < 4.78 is 28.6. The molecule has 0 radical (unpaired) electrons. The second-order valence-corrected chi connectivity index (χ2v) is 5.79. The van der Waals surface area contributed by atoms with Gasteiger partial charge in [-0.1, -0.05) is 17.7 Å². The lowest BCUT2D eigenvalue weighted by Gasteiger charge is -2.14. The highest BCUT2D eigenvalue weighted by Crippen LogP contribution is 2.35. The van der Waals surface area contributed by atoms with Gasteiger partial charge in [0.05, 0.1) is 22.0 Å². The average Bonchev–Trinajstić information content (AvgIpc) is 2.63. The summed E-state index contributed by atoms with van der Waals surface area (Å²) in [6.07, 6.45) is 0. The lowest BCUT2D eigenvalue weighted by Crippen LogP contribution is -2.13. The third-order valence-electron chi connectivity index (χ3n) is 3.19. The van der Waals surface area contributed by atoms with Crippen LogP contribution in [0, 0.1) is 11.6 Å². The summed E-state index contributed by atoms with van der Waals surface area (Å²) in [6.45, 7) is -0.234. The maximum absolute atomic E-state index is 14.1. The largest absolute Gasteiger partial charge is 0.324 e. The fourth-order valence-corrected chi connectivity index (χ4v) is 2.93. The Balaban J connectivity index is 2.34. The molecule has 2 aromatic carbocycles. The highest BCUT2D eigenvalue weighted by molar-refractivity contribution is 9.10. The normalized spacial score (nSPS) is 14.0. The zero-order valence-corrected chi connectivity index (χ0v) is 13.3. The van der Waals surface area contributed by atoms with Crippen molar-refractivity contribution in [2.24, 2.45) is 4.99 Å².